The molecule has 2 aromatic rings. The monoisotopic (exact) mass is 505 g/mol. The van der Waals surface area contributed by atoms with Gasteiger partial charge in [0.1, 0.15) is 30.1 Å². The Kier molecular flexibility index (Phi) is 6.94. The second-order valence-corrected chi connectivity index (χ2v) is 9.81. The fraction of sp³-hybridized carbons (Fsp3) is 0.458. The minimum absolute atomic E-state index is 0.0846. The maximum absolute atomic E-state index is 12.8. The van der Waals surface area contributed by atoms with Crippen LogP contribution in [0.5, 0.6) is 5.75 Å². The van der Waals surface area contributed by atoms with E-state index in [9.17, 15) is 13.2 Å². The van der Waals surface area contributed by atoms with Gasteiger partial charge in [-0.2, -0.15) is 8.42 Å². The Bertz CT molecular complexity index is 1130. The summed E-state index contributed by atoms with van der Waals surface area (Å²) in [4.78, 5) is 14.3. The molecule has 0 radical (unpaired) electrons. The summed E-state index contributed by atoms with van der Waals surface area (Å²) in [5.41, 5.74) is 1.94. The van der Waals surface area contributed by atoms with Crippen molar-refractivity contribution in [3.63, 3.8) is 0 Å². The second kappa shape index (κ2) is 10.1. The van der Waals surface area contributed by atoms with E-state index in [1.807, 2.05) is 54.6 Å². The molecule has 0 aromatic heterocycles. The third-order valence-corrected chi connectivity index (χ3v) is 7.31. The number of benzene rings is 2. The van der Waals surface area contributed by atoms with Crippen LogP contribution in [0.1, 0.15) is 17.5 Å². The number of ether oxygens (including phenoxy) is 4. The zero-order valence-corrected chi connectivity index (χ0v) is 20.0. The van der Waals surface area contributed by atoms with E-state index in [0.29, 0.717) is 26.2 Å². The number of nitrogens with zero attached hydrogens (tertiary/aromatic N) is 1. The van der Waals surface area contributed by atoms with E-state index in [1.54, 1.807) is 7.11 Å². The molecule has 0 bridgehead atoms. The minimum atomic E-state index is -4.15. The fourth-order valence-corrected chi connectivity index (χ4v) is 5.82. The molecule has 35 heavy (non-hydrogen) atoms. The summed E-state index contributed by atoms with van der Waals surface area (Å²) < 4.78 is 56.9. The van der Waals surface area contributed by atoms with Crippen LogP contribution in [0.2, 0.25) is 0 Å². The van der Waals surface area contributed by atoms with E-state index in [0.717, 1.165) is 16.9 Å². The van der Waals surface area contributed by atoms with Crippen molar-refractivity contribution >= 4 is 16.5 Å². The van der Waals surface area contributed by atoms with Gasteiger partial charge in [0.15, 0.2) is 0 Å². The predicted octanol–water partition coefficient (Wildman–Crippen LogP) is 2.42. The van der Waals surface area contributed by atoms with Crippen LogP contribution in [0.3, 0.4) is 0 Å². The predicted molar refractivity (Wildman–Crippen MR) is 122 cm³/mol. The van der Waals surface area contributed by atoms with Crippen molar-refractivity contribution in [1.82, 2.24) is 4.90 Å². The molecule has 3 aliphatic heterocycles. The molecule has 0 spiro atoms. The molecular weight excluding hydrogens is 478 g/mol. The van der Waals surface area contributed by atoms with E-state index in [1.165, 1.54) is 4.90 Å². The average molecular weight is 506 g/mol. The van der Waals surface area contributed by atoms with Crippen LogP contribution in [0.25, 0.3) is 0 Å². The number of carbonyl (C=O) groups excluding carboxylic acids is 1. The fourth-order valence-electron chi connectivity index (χ4n) is 4.77. The van der Waals surface area contributed by atoms with E-state index in [2.05, 4.69) is 0 Å². The van der Waals surface area contributed by atoms with Crippen molar-refractivity contribution in [1.29, 1.82) is 0 Å². The number of carbonyl (C=O) groups is 1. The number of cyclic esters (lactones) is 1. The summed E-state index contributed by atoms with van der Waals surface area (Å²) in [7, 11) is -2.55. The maximum Gasteiger partial charge on any atom is 0.411 e. The zero-order chi connectivity index (χ0) is 24.4. The first-order chi connectivity index (χ1) is 16.9. The van der Waals surface area contributed by atoms with Crippen molar-refractivity contribution in [3.8, 4) is 5.75 Å². The maximum atomic E-state index is 12.8. The summed E-state index contributed by atoms with van der Waals surface area (Å²) in [6.07, 6.45) is -2.46. The number of methoxy groups -OCH3 is 1. The van der Waals surface area contributed by atoms with Crippen LogP contribution in [-0.4, -0.2) is 70.1 Å². The molecule has 5 atom stereocenters. The molecule has 11 heteroatoms. The molecule has 3 heterocycles. The largest absolute Gasteiger partial charge is 0.497 e. The lowest BCUT2D eigenvalue weighted by atomic mass is 10.0. The van der Waals surface area contributed by atoms with E-state index in [4.69, 9.17) is 27.3 Å². The van der Waals surface area contributed by atoms with Crippen LogP contribution in [0.15, 0.2) is 54.6 Å². The first kappa shape index (κ1) is 24.0. The first-order valence-electron chi connectivity index (χ1n) is 11.4. The summed E-state index contributed by atoms with van der Waals surface area (Å²) in [5.74, 6) is 0.763. The number of amides is 1. The molecule has 10 nitrogen and oxygen atoms in total. The molecule has 3 aliphatic rings. The van der Waals surface area contributed by atoms with E-state index in [-0.39, 0.29) is 6.61 Å². The highest BCUT2D eigenvalue weighted by Crippen LogP contribution is 2.43. The van der Waals surface area contributed by atoms with Crippen molar-refractivity contribution in [2.45, 2.75) is 50.0 Å². The van der Waals surface area contributed by atoms with Gasteiger partial charge in [0.2, 0.25) is 0 Å². The third kappa shape index (κ3) is 5.14. The minimum Gasteiger partial charge on any atom is -0.497 e. The third-order valence-electron chi connectivity index (χ3n) is 6.39. The summed E-state index contributed by atoms with van der Waals surface area (Å²) in [6, 6.07) is 15.8. The van der Waals surface area contributed by atoms with Crippen LogP contribution in [0.4, 0.5) is 4.79 Å². The van der Waals surface area contributed by atoms with Gasteiger partial charge in [-0.3, -0.25) is 4.90 Å². The topological polar surface area (TPSA) is 110 Å². The quantitative estimate of drug-likeness (QED) is 0.450. The number of fused-ring (bicyclic) bond motifs is 3. The molecule has 0 unspecified atom stereocenters. The van der Waals surface area contributed by atoms with Crippen LogP contribution in [0, 0.1) is 0 Å². The van der Waals surface area contributed by atoms with Gasteiger partial charge in [-0.1, -0.05) is 42.5 Å². The van der Waals surface area contributed by atoms with Crippen LogP contribution < -0.4 is 4.74 Å². The van der Waals surface area contributed by atoms with Crippen LogP contribution in [-0.2, 0) is 46.2 Å². The highest BCUT2D eigenvalue weighted by atomic mass is 32.3. The van der Waals surface area contributed by atoms with Gasteiger partial charge in [0, 0.05) is 6.42 Å². The molecule has 0 saturated carbocycles. The van der Waals surface area contributed by atoms with Crippen molar-refractivity contribution in [2.24, 2.45) is 0 Å². The second-order valence-electron chi connectivity index (χ2n) is 8.61. The SMILES string of the molecule is COc1ccc(COCC[C@H]2OC(=O)N3[C@H]2[C@@H]2OS(=O)(=O)O[C@@H]2[C@H]3COCc2ccccc2)cc1. The molecular formula is C24H27NO9S. The Hall–Kier alpha value is -2.70. The van der Waals surface area contributed by atoms with Crippen molar-refractivity contribution in [2.75, 3.05) is 20.3 Å². The molecule has 3 saturated heterocycles. The van der Waals surface area contributed by atoms with E-state index >= 15 is 0 Å². The zero-order valence-electron chi connectivity index (χ0n) is 19.1. The Morgan fingerprint density at radius 2 is 1.60 bits per heavy atom. The highest BCUT2D eigenvalue weighted by Gasteiger charge is 2.65. The van der Waals surface area contributed by atoms with Gasteiger partial charge >= 0.3 is 16.5 Å². The Morgan fingerprint density at radius 1 is 0.914 bits per heavy atom. The van der Waals surface area contributed by atoms with Gasteiger partial charge in [-0.05, 0) is 23.3 Å². The van der Waals surface area contributed by atoms with Gasteiger partial charge in [0.05, 0.1) is 39.6 Å². The Morgan fingerprint density at radius 3 is 2.34 bits per heavy atom. The average Bonchev–Trinajstić information content (AvgIpc) is 3.45. The van der Waals surface area contributed by atoms with Crippen molar-refractivity contribution in [3.05, 3.63) is 65.7 Å². The molecule has 2 aromatic carbocycles. The van der Waals surface area contributed by atoms with Crippen LogP contribution >= 0.6 is 0 Å². The van der Waals surface area contributed by atoms with Gasteiger partial charge in [0.25, 0.3) is 0 Å². The summed E-state index contributed by atoms with van der Waals surface area (Å²) >= 11 is 0. The number of hydrogen-bond acceptors (Lipinski definition) is 9. The summed E-state index contributed by atoms with van der Waals surface area (Å²) in [6.45, 7) is 1.10. The molecule has 0 aliphatic carbocycles. The number of rotatable bonds is 10. The lowest BCUT2D eigenvalue weighted by molar-refractivity contribution is 0.0336. The highest BCUT2D eigenvalue weighted by molar-refractivity contribution is 7.82. The van der Waals surface area contributed by atoms with Gasteiger partial charge in [-0.25, -0.2) is 13.2 Å². The molecule has 188 valence electrons. The molecule has 0 N–H and O–H groups in total. The van der Waals surface area contributed by atoms with Crippen molar-refractivity contribution < 1.29 is 40.5 Å². The summed E-state index contributed by atoms with van der Waals surface area (Å²) in [5, 5.41) is 0. The molecule has 5 rings (SSSR count). The van der Waals surface area contributed by atoms with Gasteiger partial charge < -0.3 is 18.9 Å². The van der Waals surface area contributed by atoms with Gasteiger partial charge in [-0.15, -0.1) is 0 Å². The first-order valence-corrected chi connectivity index (χ1v) is 12.7. The smallest absolute Gasteiger partial charge is 0.411 e. The Labute approximate surface area is 203 Å². The molecule has 3 fully saturated rings. The Balaban J connectivity index is 1.21. The molecule has 1 amide bonds. The standard InChI is InChI=1S/C24H27NO9S/c1-29-18-9-7-17(8-10-18)13-30-12-11-20-21-23-22(33-35(27,28)34-23)19(25(21)24(26)32-20)15-31-14-16-5-3-2-4-6-16/h2-10,19-23H,11-15H2,1H3/t19-,20-,21-,22-,23+/m1/s1. The lowest BCUT2D eigenvalue weighted by Crippen LogP contribution is -2.43. The van der Waals surface area contributed by atoms with E-state index < -0.39 is 46.9 Å². The lowest BCUT2D eigenvalue weighted by Gasteiger charge is -2.24. The normalized spacial score (nSPS) is 28.5. The number of hydrogen-bond donors (Lipinski definition) is 0.